The number of aryl methyl sites for hydroxylation is 1. The van der Waals surface area contributed by atoms with Gasteiger partial charge in [0, 0.05) is 56.9 Å². The topological polar surface area (TPSA) is 66.7 Å². The largest absolute Gasteiger partial charge is 0.467 e. The third kappa shape index (κ3) is 3.45. The summed E-state index contributed by atoms with van der Waals surface area (Å²) < 4.78 is 7.63. The summed E-state index contributed by atoms with van der Waals surface area (Å²) in [7, 11) is 3.70. The number of carbonyl (C=O) groups is 1. The normalized spacial score (nSPS) is 16.2. The van der Waals surface area contributed by atoms with E-state index in [9.17, 15) is 4.79 Å². The molecular formula is C24H28N6O2. The van der Waals surface area contributed by atoms with Crippen LogP contribution in [0, 0.1) is 0 Å². The summed E-state index contributed by atoms with van der Waals surface area (Å²) in [6.07, 6.45) is 4.35. The van der Waals surface area contributed by atoms with Crippen molar-refractivity contribution in [1.82, 2.24) is 19.4 Å². The molecule has 1 amide bonds. The number of benzene rings is 1. The molecule has 2 aromatic heterocycles. The molecule has 0 spiro atoms. The summed E-state index contributed by atoms with van der Waals surface area (Å²) in [5, 5.41) is 1.24. The van der Waals surface area contributed by atoms with Gasteiger partial charge in [-0.1, -0.05) is 18.7 Å². The summed E-state index contributed by atoms with van der Waals surface area (Å²) in [5.74, 6) is 0.923. The second-order valence-corrected chi connectivity index (χ2v) is 8.29. The molecule has 0 radical (unpaired) electrons. The van der Waals surface area contributed by atoms with E-state index in [2.05, 4.69) is 58.5 Å². The second-order valence-electron chi connectivity index (χ2n) is 8.29. The van der Waals surface area contributed by atoms with E-state index in [0.717, 1.165) is 37.6 Å². The molecule has 1 saturated heterocycles. The highest BCUT2D eigenvalue weighted by Gasteiger charge is 2.29. The lowest BCUT2D eigenvalue weighted by Crippen LogP contribution is -2.49. The van der Waals surface area contributed by atoms with Crippen molar-refractivity contribution in [1.29, 1.82) is 0 Å². The van der Waals surface area contributed by atoms with Crippen LogP contribution >= 0.6 is 0 Å². The van der Waals surface area contributed by atoms with E-state index >= 15 is 0 Å². The van der Waals surface area contributed by atoms with Gasteiger partial charge in [-0.15, -0.1) is 0 Å². The van der Waals surface area contributed by atoms with Gasteiger partial charge in [-0.25, -0.2) is 0 Å². The first-order chi connectivity index (χ1) is 15.6. The smallest absolute Gasteiger partial charge is 0.318 e. The molecule has 8 heteroatoms. The molecule has 4 heterocycles. The number of amides is 1. The molecule has 1 fully saturated rings. The van der Waals surface area contributed by atoms with Crippen molar-refractivity contribution in [2.75, 3.05) is 49.6 Å². The number of hydrogen-bond acceptors (Lipinski definition) is 6. The number of piperazine rings is 1. The van der Waals surface area contributed by atoms with Gasteiger partial charge in [0.25, 0.3) is 0 Å². The van der Waals surface area contributed by atoms with Crippen molar-refractivity contribution in [3.05, 3.63) is 54.4 Å². The lowest BCUT2D eigenvalue weighted by Gasteiger charge is -2.38. The zero-order valence-electron chi connectivity index (χ0n) is 18.6. The van der Waals surface area contributed by atoms with E-state index < -0.39 is 0 Å². The molecule has 8 nitrogen and oxygen atoms in total. The molecule has 3 aromatic rings. The third-order valence-corrected chi connectivity index (χ3v) is 6.49. The van der Waals surface area contributed by atoms with Crippen LogP contribution in [0.15, 0.2) is 43.1 Å². The van der Waals surface area contributed by atoms with Crippen LogP contribution in [0.25, 0.3) is 10.9 Å². The minimum absolute atomic E-state index is 0.0163. The van der Waals surface area contributed by atoms with Crippen LogP contribution in [0.3, 0.4) is 0 Å². The quantitative estimate of drug-likeness (QED) is 0.590. The van der Waals surface area contributed by atoms with Gasteiger partial charge in [0.2, 0.25) is 5.91 Å². The molecule has 1 aromatic carbocycles. The van der Waals surface area contributed by atoms with Gasteiger partial charge >= 0.3 is 6.01 Å². The van der Waals surface area contributed by atoms with Crippen LogP contribution in [0.4, 0.5) is 11.5 Å². The van der Waals surface area contributed by atoms with Crippen molar-refractivity contribution in [2.24, 2.45) is 7.05 Å². The van der Waals surface area contributed by atoms with Crippen LogP contribution in [0.2, 0.25) is 0 Å². The number of anilines is 2. The lowest BCUT2D eigenvalue weighted by molar-refractivity contribution is -0.126. The lowest BCUT2D eigenvalue weighted by atomic mass is 10.0. The van der Waals surface area contributed by atoms with Crippen molar-refractivity contribution in [3.8, 4) is 6.01 Å². The summed E-state index contributed by atoms with van der Waals surface area (Å²) in [4.78, 5) is 27.9. The van der Waals surface area contributed by atoms with Gasteiger partial charge in [0.1, 0.15) is 5.82 Å². The van der Waals surface area contributed by atoms with E-state index in [4.69, 9.17) is 14.7 Å². The molecule has 0 saturated carbocycles. The molecule has 166 valence electrons. The predicted molar refractivity (Wildman–Crippen MR) is 125 cm³/mol. The summed E-state index contributed by atoms with van der Waals surface area (Å²) in [6.45, 7) is 7.99. The minimum Gasteiger partial charge on any atom is -0.467 e. The molecule has 2 aliphatic rings. The summed E-state index contributed by atoms with van der Waals surface area (Å²) in [6, 6.07) is 8.99. The fraction of sp³-hybridized carbons (Fsp3) is 0.375. The van der Waals surface area contributed by atoms with Crippen LogP contribution in [0.1, 0.15) is 11.3 Å². The molecule has 32 heavy (non-hydrogen) atoms. The van der Waals surface area contributed by atoms with E-state index in [1.807, 2.05) is 4.90 Å². The third-order valence-electron chi connectivity index (χ3n) is 6.49. The molecule has 0 bridgehead atoms. The van der Waals surface area contributed by atoms with Crippen LogP contribution in [-0.2, 0) is 24.8 Å². The molecule has 0 aliphatic carbocycles. The highest BCUT2D eigenvalue weighted by molar-refractivity contribution is 5.92. The van der Waals surface area contributed by atoms with Gasteiger partial charge in [-0.05, 0) is 24.6 Å². The van der Waals surface area contributed by atoms with Gasteiger partial charge in [-0.3, -0.25) is 4.79 Å². The first-order valence-electron chi connectivity index (χ1n) is 11.0. The van der Waals surface area contributed by atoms with E-state index in [0.29, 0.717) is 25.6 Å². The number of aromatic nitrogens is 3. The first-order valence-corrected chi connectivity index (χ1v) is 11.0. The van der Waals surface area contributed by atoms with Crippen molar-refractivity contribution < 1.29 is 9.53 Å². The Morgan fingerprint density at radius 2 is 1.91 bits per heavy atom. The number of para-hydroxylation sites is 1. The van der Waals surface area contributed by atoms with Crippen LogP contribution < -0.4 is 14.5 Å². The Hall–Kier alpha value is -3.55. The van der Waals surface area contributed by atoms with Gasteiger partial charge in [-0.2, -0.15) is 9.97 Å². The fourth-order valence-electron chi connectivity index (χ4n) is 4.80. The molecule has 0 unspecified atom stereocenters. The van der Waals surface area contributed by atoms with Crippen LogP contribution in [0.5, 0.6) is 6.01 Å². The zero-order chi connectivity index (χ0) is 22.2. The molecule has 0 atom stereocenters. The van der Waals surface area contributed by atoms with E-state index in [1.54, 1.807) is 7.11 Å². The van der Waals surface area contributed by atoms with Gasteiger partial charge in [0.05, 0.1) is 30.6 Å². The monoisotopic (exact) mass is 432 g/mol. The zero-order valence-corrected chi connectivity index (χ0v) is 18.6. The Balaban J connectivity index is 1.45. The maximum Gasteiger partial charge on any atom is 0.318 e. The standard InChI is InChI=1S/C24H28N6O2/c1-4-21(31)28-12-14-29(15-13-28)23-18-9-11-30(16-19(18)25-24(26-23)32-3)20-7-5-6-17-8-10-27(2)22(17)20/h4-8,10H,1,9,11-16H2,2-3H3. The number of fused-ring (bicyclic) bond motifs is 2. The average Bonchev–Trinajstić information content (AvgIpc) is 3.23. The SMILES string of the molecule is C=CC(=O)N1CCN(c2nc(OC)nc3c2CCN(c2cccc4ccn(C)c24)C3)CC1. The maximum absolute atomic E-state index is 11.9. The predicted octanol–water partition coefficient (Wildman–Crippen LogP) is 2.37. The average molecular weight is 433 g/mol. The highest BCUT2D eigenvalue weighted by atomic mass is 16.5. The Labute approximate surface area is 187 Å². The first kappa shape index (κ1) is 20.4. The number of nitrogens with zero attached hydrogens (tertiary/aromatic N) is 6. The molecule has 0 N–H and O–H groups in total. The number of rotatable bonds is 4. The number of carbonyl (C=O) groups excluding carboxylic acids is 1. The number of ether oxygens (including phenoxy) is 1. The van der Waals surface area contributed by atoms with Crippen molar-refractivity contribution in [3.63, 3.8) is 0 Å². The van der Waals surface area contributed by atoms with Crippen LogP contribution in [-0.4, -0.2) is 65.2 Å². The maximum atomic E-state index is 11.9. The Morgan fingerprint density at radius 3 is 2.66 bits per heavy atom. The number of methoxy groups -OCH3 is 1. The Kier molecular flexibility index (Phi) is 5.20. The van der Waals surface area contributed by atoms with E-state index in [1.165, 1.54) is 28.2 Å². The minimum atomic E-state index is -0.0163. The van der Waals surface area contributed by atoms with Crippen molar-refractivity contribution >= 4 is 28.3 Å². The van der Waals surface area contributed by atoms with Gasteiger partial charge < -0.3 is 24.0 Å². The Bertz CT molecular complexity index is 1180. The highest BCUT2D eigenvalue weighted by Crippen LogP contribution is 2.34. The Morgan fingerprint density at radius 1 is 1.09 bits per heavy atom. The number of hydrogen-bond donors (Lipinski definition) is 0. The van der Waals surface area contributed by atoms with E-state index in [-0.39, 0.29) is 5.91 Å². The van der Waals surface area contributed by atoms with Gasteiger partial charge in [0.15, 0.2) is 0 Å². The molecule has 5 rings (SSSR count). The molecule has 2 aliphatic heterocycles. The fourth-order valence-corrected chi connectivity index (χ4v) is 4.80. The molecular weight excluding hydrogens is 404 g/mol. The van der Waals surface area contributed by atoms with Crippen molar-refractivity contribution in [2.45, 2.75) is 13.0 Å². The summed E-state index contributed by atoms with van der Waals surface area (Å²) >= 11 is 0. The summed E-state index contributed by atoms with van der Waals surface area (Å²) in [5.41, 5.74) is 4.65. The second kappa shape index (κ2) is 8.18.